The number of para-hydroxylation sites is 2. The van der Waals surface area contributed by atoms with Crippen LogP contribution in [0.25, 0.3) is 0 Å². The number of hydrogen-bond donors (Lipinski definition) is 2. The standard InChI is InChI=1S/C26H25NO6/c1-16-10-20(31-14-21-15-32-22-8-3-4-9-23(22)33-21)11-17(2)25(16)26(30)27-19-7-5-6-18(12-19)13-24(28)29/h3-12,21H,13-15H2,1-2H3,(H,27,30)(H,28,29)/t21-/m0/s1. The summed E-state index contributed by atoms with van der Waals surface area (Å²) in [6.07, 6.45) is -0.337. The molecule has 0 aromatic heterocycles. The number of carboxylic acid groups (broad SMARTS) is 1. The lowest BCUT2D eigenvalue weighted by atomic mass is 10.0. The van der Waals surface area contributed by atoms with Crippen LogP contribution in [0.15, 0.2) is 60.7 Å². The van der Waals surface area contributed by atoms with Crippen LogP contribution in [0.3, 0.4) is 0 Å². The molecule has 0 aliphatic carbocycles. The first kappa shape index (κ1) is 22.2. The van der Waals surface area contributed by atoms with Crippen LogP contribution in [-0.4, -0.2) is 36.3 Å². The fraction of sp³-hybridized carbons (Fsp3) is 0.231. The molecule has 0 saturated heterocycles. The average Bonchev–Trinajstić information content (AvgIpc) is 2.77. The summed E-state index contributed by atoms with van der Waals surface area (Å²) in [6, 6.07) is 18.0. The molecule has 2 N–H and O–H groups in total. The predicted molar refractivity (Wildman–Crippen MR) is 123 cm³/mol. The van der Waals surface area contributed by atoms with Gasteiger partial charge in [0, 0.05) is 11.3 Å². The van der Waals surface area contributed by atoms with Crippen LogP contribution in [0.4, 0.5) is 5.69 Å². The third-order valence-corrected chi connectivity index (χ3v) is 5.28. The summed E-state index contributed by atoms with van der Waals surface area (Å²) in [4.78, 5) is 23.9. The Morgan fingerprint density at radius 3 is 2.48 bits per heavy atom. The minimum atomic E-state index is -0.921. The molecule has 0 spiro atoms. The molecule has 7 heteroatoms. The topological polar surface area (TPSA) is 94.1 Å². The van der Waals surface area contributed by atoms with E-state index < -0.39 is 5.97 Å². The lowest BCUT2D eigenvalue weighted by Gasteiger charge is -2.26. The van der Waals surface area contributed by atoms with Gasteiger partial charge in [0.05, 0.1) is 6.42 Å². The summed E-state index contributed by atoms with van der Waals surface area (Å²) >= 11 is 0. The van der Waals surface area contributed by atoms with Gasteiger partial charge in [-0.3, -0.25) is 9.59 Å². The van der Waals surface area contributed by atoms with E-state index in [1.54, 1.807) is 24.3 Å². The van der Waals surface area contributed by atoms with E-state index in [-0.39, 0.29) is 18.4 Å². The van der Waals surface area contributed by atoms with Crippen molar-refractivity contribution >= 4 is 17.6 Å². The third-order valence-electron chi connectivity index (χ3n) is 5.28. The molecule has 170 valence electrons. The first-order chi connectivity index (χ1) is 15.9. The number of amides is 1. The normalized spacial score (nSPS) is 14.4. The van der Waals surface area contributed by atoms with Crippen molar-refractivity contribution in [1.82, 2.24) is 0 Å². The molecule has 0 bridgehead atoms. The van der Waals surface area contributed by atoms with Crippen LogP contribution in [0.1, 0.15) is 27.0 Å². The molecular formula is C26H25NO6. The number of nitrogens with one attached hydrogen (secondary N) is 1. The Morgan fingerprint density at radius 2 is 1.76 bits per heavy atom. The second-order valence-electron chi connectivity index (χ2n) is 7.97. The number of carboxylic acids is 1. The highest BCUT2D eigenvalue weighted by atomic mass is 16.6. The van der Waals surface area contributed by atoms with Gasteiger partial charge in [-0.1, -0.05) is 24.3 Å². The summed E-state index contributed by atoms with van der Waals surface area (Å²) in [7, 11) is 0. The molecule has 3 aromatic carbocycles. The quantitative estimate of drug-likeness (QED) is 0.558. The summed E-state index contributed by atoms with van der Waals surface area (Å²) in [5, 5.41) is 11.8. The van der Waals surface area contributed by atoms with Crippen molar-refractivity contribution in [2.75, 3.05) is 18.5 Å². The van der Waals surface area contributed by atoms with Crippen LogP contribution in [0.2, 0.25) is 0 Å². The maximum absolute atomic E-state index is 12.9. The number of aliphatic carboxylic acids is 1. The maximum atomic E-state index is 12.9. The van der Waals surface area contributed by atoms with Crippen LogP contribution in [-0.2, 0) is 11.2 Å². The van der Waals surface area contributed by atoms with E-state index in [2.05, 4.69) is 5.32 Å². The molecule has 1 aliphatic heterocycles. The first-order valence-electron chi connectivity index (χ1n) is 10.6. The zero-order valence-corrected chi connectivity index (χ0v) is 18.5. The number of ether oxygens (including phenoxy) is 3. The maximum Gasteiger partial charge on any atom is 0.307 e. The van der Waals surface area contributed by atoms with E-state index in [0.717, 1.165) is 16.9 Å². The summed E-state index contributed by atoms with van der Waals surface area (Å²) < 4.78 is 17.6. The molecule has 7 nitrogen and oxygen atoms in total. The second-order valence-corrected chi connectivity index (χ2v) is 7.97. The van der Waals surface area contributed by atoms with Crippen LogP contribution >= 0.6 is 0 Å². The number of anilines is 1. The number of aryl methyl sites for hydroxylation is 2. The van der Waals surface area contributed by atoms with Crippen molar-refractivity contribution in [3.05, 3.63) is 82.9 Å². The van der Waals surface area contributed by atoms with Crippen molar-refractivity contribution < 1.29 is 28.9 Å². The zero-order chi connectivity index (χ0) is 23.4. The number of rotatable bonds is 7. The Kier molecular flexibility index (Phi) is 6.49. The van der Waals surface area contributed by atoms with Gasteiger partial charge in [-0.05, 0) is 66.9 Å². The van der Waals surface area contributed by atoms with Crippen LogP contribution in [0, 0.1) is 13.8 Å². The van der Waals surface area contributed by atoms with Gasteiger partial charge >= 0.3 is 5.97 Å². The second kappa shape index (κ2) is 9.65. The van der Waals surface area contributed by atoms with Gasteiger partial charge in [0.2, 0.25) is 0 Å². The van der Waals surface area contributed by atoms with E-state index in [9.17, 15) is 9.59 Å². The molecule has 1 heterocycles. The molecule has 0 fully saturated rings. The van der Waals surface area contributed by atoms with E-state index in [1.165, 1.54) is 0 Å². The van der Waals surface area contributed by atoms with Crippen molar-refractivity contribution in [1.29, 1.82) is 0 Å². The van der Waals surface area contributed by atoms with Crippen molar-refractivity contribution in [3.8, 4) is 17.2 Å². The van der Waals surface area contributed by atoms with Gasteiger partial charge in [-0.15, -0.1) is 0 Å². The highest BCUT2D eigenvalue weighted by Crippen LogP contribution is 2.31. The monoisotopic (exact) mass is 447 g/mol. The fourth-order valence-electron chi connectivity index (χ4n) is 3.83. The highest BCUT2D eigenvalue weighted by molar-refractivity contribution is 6.06. The van der Waals surface area contributed by atoms with Crippen LogP contribution < -0.4 is 19.5 Å². The average molecular weight is 447 g/mol. The Labute approximate surface area is 191 Å². The highest BCUT2D eigenvalue weighted by Gasteiger charge is 2.22. The largest absolute Gasteiger partial charge is 0.490 e. The smallest absolute Gasteiger partial charge is 0.307 e. The molecule has 1 amide bonds. The van der Waals surface area contributed by atoms with Crippen molar-refractivity contribution in [2.24, 2.45) is 0 Å². The number of fused-ring (bicyclic) bond motifs is 1. The van der Waals surface area contributed by atoms with Gasteiger partial charge < -0.3 is 24.6 Å². The Balaban J connectivity index is 1.41. The van der Waals surface area contributed by atoms with Gasteiger partial charge in [-0.25, -0.2) is 0 Å². The number of carbonyl (C=O) groups excluding carboxylic acids is 1. The third kappa shape index (κ3) is 5.44. The van der Waals surface area contributed by atoms with Gasteiger partial charge in [-0.2, -0.15) is 0 Å². The zero-order valence-electron chi connectivity index (χ0n) is 18.5. The van der Waals surface area contributed by atoms with E-state index in [4.69, 9.17) is 19.3 Å². The Morgan fingerprint density at radius 1 is 1.03 bits per heavy atom. The predicted octanol–water partition coefficient (Wildman–Crippen LogP) is 4.40. The minimum absolute atomic E-state index is 0.102. The minimum Gasteiger partial charge on any atom is -0.490 e. The van der Waals surface area contributed by atoms with Gasteiger partial charge in [0.15, 0.2) is 17.6 Å². The molecule has 1 atom stereocenters. The summed E-state index contributed by atoms with van der Waals surface area (Å²) in [5.41, 5.74) is 3.27. The summed E-state index contributed by atoms with van der Waals surface area (Å²) in [5.74, 6) is 0.890. The molecule has 1 aliphatic rings. The lowest BCUT2D eigenvalue weighted by Crippen LogP contribution is -2.34. The lowest BCUT2D eigenvalue weighted by molar-refractivity contribution is -0.136. The SMILES string of the molecule is Cc1cc(OC[C@H]2COc3ccccc3O2)cc(C)c1C(=O)Nc1cccc(CC(=O)O)c1. The molecule has 3 aromatic rings. The molecule has 0 saturated carbocycles. The van der Waals surface area contributed by atoms with Gasteiger partial charge in [0.1, 0.15) is 19.0 Å². The molecule has 4 rings (SSSR count). The molecule has 0 radical (unpaired) electrons. The van der Waals surface area contributed by atoms with Crippen molar-refractivity contribution in [3.63, 3.8) is 0 Å². The number of carbonyl (C=O) groups is 2. The van der Waals surface area contributed by atoms with Gasteiger partial charge in [0.25, 0.3) is 5.91 Å². The Hall–Kier alpha value is -4.00. The van der Waals surface area contributed by atoms with Crippen LogP contribution in [0.5, 0.6) is 17.2 Å². The summed E-state index contributed by atoms with van der Waals surface area (Å²) in [6.45, 7) is 4.42. The van der Waals surface area contributed by atoms with E-state index in [1.807, 2.05) is 50.2 Å². The first-order valence-corrected chi connectivity index (χ1v) is 10.6. The molecule has 33 heavy (non-hydrogen) atoms. The number of benzene rings is 3. The van der Waals surface area contributed by atoms with Crippen molar-refractivity contribution in [2.45, 2.75) is 26.4 Å². The van der Waals surface area contributed by atoms with E-state index in [0.29, 0.717) is 41.5 Å². The molecular weight excluding hydrogens is 422 g/mol. The Bertz CT molecular complexity index is 1170. The fourth-order valence-corrected chi connectivity index (χ4v) is 3.83. The van der Waals surface area contributed by atoms with E-state index >= 15 is 0 Å². The number of hydrogen-bond acceptors (Lipinski definition) is 5. The molecule has 0 unspecified atom stereocenters.